The Morgan fingerprint density at radius 2 is 2.00 bits per heavy atom. The van der Waals surface area contributed by atoms with E-state index in [1.807, 2.05) is 0 Å². The molecule has 1 rings (SSSR count). The number of hydrogen-bond acceptors (Lipinski definition) is 3. The molecule has 0 aromatic carbocycles. The fourth-order valence-electron chi connectivity index (χ4n) is 1.81. The van der Waals surface area contributed by atoms with Crippen LogP contribution in [0.15, 0.2) is 0 Å². The summed E-state index contributed by atoms with van der Waals surface area (Å²) in [4.78, 5) is 24.0. The molecule has 5 nitrogen and oxygen atoms in total. The van der Waals surface area contributed by atoms with Crippen LogP contribution in [0, 0.1) is 0 Å². The van der Waals surface area contributed by atoms with Gasteiger partial charge in [0, 0.05) is 32.5 Å². The second-order valence-electron chi connectivity index (χ2n) is 3.83. The molecule has 2 N–H and O–H groups in total. The van der Waals surface area contributed by atoms with Crippen molar-refractivity contribution in [2.45, 2.75) is 32.2 Å². The molecule has 1 fully saturated rings. The molecule has 1 saturated heterocycles. The molecule has 1 aliphatic heterocycles. The topological polar surface area (TPSA) is 69.6 Å². The van der Waals surface area contributed by atoms with Gasteiger partial charge in [-0.3, -0.25) is 9.59 Å². The predicted molar refractivity (Wildman–Crippen MR) is 55.1 cm³/mol. The molecular weight excluding hydrogens is 196 g/mol. The van der Waals surface area contributed by atoms with Gasteiger partial charge in [0.2, 0.25) is 11.8 Å². The molecule has 1 heterocycles. The summed E-state index contributed by atoms with van der Waals surface area (Å²) < 4.78 is 0. The zero-order valence-corrected chi connectivity index (χ0v) is 9.03. The number of hydrogen-bond donors (Lipinski definition) is 2. The Kier molecular flexibility index (Phi) is 4.55. The first-order valence-electron chi connectivity index (χ1n) is 5.29. The fourth-order valence-corrected chi connectivity index (χ4v) is 1.81. The predicted octanol–water partition coefficient (Wildman–Crippen LogP) is -0.504. The van der Waals surface area contributed by atoms with Gasteiger partial charge in [0.1, 0.15) is 0 Å². The molecule has 1 aliphatic rings. The highest BCUT2D eigenvalue weighted by Crippen LogP contribution is 2.11. The summed E-state index contributed by atoms with van der Waals surface area (Å²) in [6.45, 7) is 2.75. The summed E-state index contributed by atoms with van der Waals surface area (Å²) in [6, 6.07) is 0.195. The van der Waals surface area contributed by atoms with Crippen LogP contribution in [0.5, 0.6) is 0 Å². The van der Waals surface area contributed by atoms with E-state index in [4.69, 9.17) is 5.11 Å². The Morgan fingerprint density at radius 3 is 2.47 bits per heavy atom. The summed E-state index contributed by atoms with van der Waals surface area (Å²) in [6.07, 6.45) is 1.80. The van der Waals surface area contributed by atoms with Crippen LogP contribution in [0.1, 0.15) is 26.2 Å². The molecule has 0 unspecified atom stereocenters. The lowest BCUT2D eigenvalue weighted by molar-refractivity contribution is -0.133. The van der Waals surface area contributed by atoms with Gasteiger partial charge in [-0.15, -0.1) is 0 Å². The summed E-state index contributed by atoms with van der Waals surface area (Å²) in [5.41, 5.74) is 0. The van der Waals surface area contributed by atoms with Crippen LogP contribution < -0.4 is 5.32 Å². The Bertz CT molecular complexity index is 235. The maximum Gasteiger partial charge on any atom is 0.224 e. The van der Waals surface area contributed by atoms with E-state index in [-0.39, 0.29) is 30.9 Å². The van der Waals surface area contributed by atoms with Crippen LogP contribution in [-0.2, 0) is 9.59 Å². The third-order valence-electron chi connectivity index (χ3n) is 2.58. The van der Waals surface area contributed by atoms with Crippen molar-refractivity contribution < 1.29 is 14.7 Å². The molecule has 0 atom stereocenters. The van der Waals surface area contributed by atoms with Crippen LogP contribution in [0.2, 0.25) is 0 Å². The zero-order valence-electron chi connectivity index (χ0n) is 9.03. The third-order valence-corrected chi connectivity index (χ3v) is 2.58. The Morgan fingerprint density at radius 1 is 1.40 bits per heavy atom. The number of likely N-dealkylation sites (tertiary alicyclic amines) is 1. The first-order chi connectivity index (χ1) is 7.13. The third kappa shape index (κ3) is 3.87. The molecule has 0 aromatic rings. The van der Waals surface area contributed by atoms with Crippen LogP contribution in [0.25, 0.3) is 0 Å². The average Bonchev–Trinajstić information content (AvgIpc) is 2.18. The number of aliphatic hydroxyl groups excluding tert-OH is 1. The molecule has 0 aliphatic carbocycles. The number of carbonyl (C=O) groups is 2. The quantitative estimate of drug-likeness (QED) is 0.665. The number of amides is 2. The highest BCUT2D eigenvalue weighted by atomic mass is 16.3. The SMILES string of the molecule is CC(=O)NC1CCN(C(=O)CCO)CC1. The van der Waals surface area contributed by atoms with Gasteiger partial charge in [-0.1, -0.05) is 0 Å². The molecule has 0 bridgehead atoms. The number of rotatable bonds is 3. The van der Waals surface area contributed by atoms with E-state index < -0.39 is 0 Å². The maximum absolute atomic E-state index is 11.4. The van der Waals surface area contributed by atoms with E-state index >= 15 is 0 Å². The van der Waals surface area contributed by atoms with Gasteiger partial charge in [0.25, 0.3) is 0 Å². The summed E-state index contributed by atoms with van der Waals surface area (Å²) >= 11 is 0. The lowest BCUT2D eigenvalue weighted by atomic mass is 10.0. The molecule has 15 heavy (non-hydrogen) atoms. The highest BCUT2D eigenvalue weighted by molar-refractivity contribution is 5.76. The number of nitrogens with zero attached hydrogens (tertiary/aromatic N) is 1. The second kappa shape index (κ2) is 5.70. The minimum Gasteiger partial charge on any atom is -0.396 e. The van der Waals surface area contributed by atoms with Gasteiger partial charge in [-0.05, 0) is 12.8 Å². The Hall–Kier alpha value is -1.10. The van der Waals surface area contributed by atoms with Crippen molar-refractivity contribution in [1.82, 2.24) is 10.2 Å². The van der Waals surface area contributed by atoms with E-state index in [1.165, 1.54) is 6.92 Å². The van der Waals surface area contributed by atoms with E-state index in [0.29, 0.717) is 13.1 Å². The molecule has 5 heteroatoms. The van der Waals surface area contributed by atoms with Gasteiger partial charge >= 0.3 is 0 Å². The van der Waals surface area contributed by atoms with Gasteiger partial charge in [-0.2, -0.15) is 0 Å². The van der Waals surface area contributed by atoms with Crippen molar-refractivity contribution in [1.29, 1.82) is 0 Å². The van der Waals surface area contributed by atoms with Gasteiger partial charge in [0.15, 0.2) is 0 Å². The number of carbonyl (C=O) groups excluding carboxylic acids is 2. The van der Waals surface area contributed by atoms with Gasteiger partial charge in [0.05, 0.1) is 6.61 Å². The minimum atomic E-state index is -0.0928. The number of aliphatic hydroxyl groups is 1. The number of piperidine rings is 1. The van der Waals surface area contributed by atoms with Crippen LogP contribution in [0.4, 0.5) is 0 Å². The lowest BCUT2D eigenvalue weighted by Gasteiger charge is -2.32. The minimum absolute atomic E-state index is 0.00113. The molecule has 0 spiro atoms. The molecule has 0 aromatic heterocycles. The molecule has 2 amide bonds. The normalized spacial score (nSPS) is 17.6. The van der Waals surface area contributed by atoms with Crippen LogP contribution in [-0.4, -0.2) is 47.6 Å². The summed E-state index contributed by atoms with van der Waals surface area (Å²) in [5, 5.41) is 11.5. The maximum atomic E-state index is 11.4. The van der Waals surface area contributed by atoms with Gasteiger partial charge in [-0.25, -0.2) is 0 Å². The Balaban J connectivity index is 2.29. The highest BCUT2D eigenvalue weighted by Gasteiger charge is 2.22. The molecule has 0 saturated carbocycles. The lowest BCUT2D eigenvalue weighted by Crippen LogP contribution is -2.46. The van der Waals surface area contributed by atoms with Crippen molar-refractivity contribution >= 4 is 11.8 Å². The monoisotopic (exact) mass is 214 g/mol. The summed E-state index contributed by atoms with van der Waals surface area (Å²) in [5.74, 6) is -0.0195. The van der Waals surface area contributed by atoms with E-state index in [1.54, 1.807) is 4.90 Å². The van der Waals surface area contributed by atoms with Crippen molar-refractivity contribution in [3.63, 3.8) is 0 Å². The first kappa shape index (κ1) is 12.0. The van der Waals surface area contributed by atoms with E-state index in [9.17, 15) is 9.59 Å². The van der Waals surface area contributed by atoms with Crippen LogP contribution in [0.3, 0.4) is 0 Å². The first-order valence-corrected chi connectivity index (χ1v) is 5.29. The number of nitrogens with one attached hydrogen (secondary N) is 1. The standard InChI is InChI=1S/C10H18N2O3/c1-8(14)11-9-2-5-12(6-3-9)10(15)4-7-13/h9,13H,2-7H2,1H3,(H,11,14). The van der Waals surface area contributed by atoms with Crippen molar-refractivity contribution in [2.24, 2.45) is 0 Å². The van der Waals surface area contributed by atoms with Crippen molar-refractivity contribution in [3.05, 3.63) is 0 Å². The van der Waals surface area contributed by atoms with Gasteiger partial charge < -0.3 is 15.3 Å². The van der Waals surface area contributed by atoms with E-state index in [2.05, 4.69) is 5.32 Å². The summed E-state index contributed by atoms with van der Waals surface area (Å²) in [7, 11) is 0. The Labute approximate surface area is 89.4 Å². The van der Waals surface area contributed by atoms with Crippen LogP contribution >= 0.6 is 0 Å². The van der Waals surface area contributed by atoms with E-state index in [0.717, 1.165) is 12.8 Å². The fraction of sp³-hybridized carbons (Fsp3) is 0.800. The largest absolute Gasteiger partial charge is 0.396 e. The molecule has 0 radical (unpaired) electrons. The zero-order chi connectivity index (χ0) is 11.3. The average molecular weight is 214 g/mol. The molecular formula is C10H18N2O3. The molecule has 86 valence electrons. The smallest absolute Gasteiger partial charge is 0.224 e. The second-order valence-corrected chi connectivity index (χ2v) is 3.83. The van der Waals surface area contributed by atoms with Crippen molar-refractivity contribution in [2.75, 3.05) is 19.7 Å². The van der Waals surface area contributed by atoms with Crippen molar-refractivity contribution in [3.8, 4) is 0 Å².